The maximum Gasteiger partial charge on any atom is 0.229 e. The van der Waals surface area contributed by atoms with Crippen molar-refractivity contribution in [3.8, 4) is 0 Å². The van der Waals surface area contributed by atoms with Gasteiger partial charge in [-0.2, -0.15) is 4.98 Å². The minimum Gasteiger partial charge on any atom is -0.340 e. The third-order valence-electron chi connectivity index (χ3n) is 4.56. The molecule has 0 saturated carbocycles. The lowest BCUT2D eigenvalue weighted by Gasteiger charge is -2.13. The molecule has 0 amide bonds. The van der Waals surface area contributed by atoms with E-state index in [1.54, 1.807) is 0 Å². The van der Waals surface area contributed by atoms with Crippen molar-refractivity contribution < 1.29 is 0 Å². The number of nitrogens with one attached hydrogen (secondary N) is 2. The molecule has 0 atom stereocenters. The van der Waals surface area contributed by atoms with Gasteiger partial charge in [0.1, 0.15) is 5.82 Å². The van der Waals surface area contributed by atoms with Crippen LogP contribution in [-0.2, 0) is 0 Å². The van der Waals surface area contributed by atoms with Crippen LogP contribution in [-0.4, -0.2) is 9.97 Å². The maximum absolute atomic E-state index is 4.75. The van der Waals surface area contributed by atoms with Gasteiger partial charge in [-0.3, -0.25) is 0 Å². The van der Waals surface area contributed by atoms with Crippen LogP contribution in [0.1, 0.15) is 16.7 Å². The molecule has 2 N–H and O–H groups in total. The van der Waals surface area contributed by atoms with Crippen LogP contribution in [0.25, 0.3) is 10.9 Å². The molecular formula is C23H22N4. The molecule has 4 rings (SSSR count). The second kappa shape index (κ2) is 7.08. The molecule has 0 radical (unpaired) electrons. The minimum atomic E-state index is 0.581. The van der Waals surface area contributed by atoms with Crippen LogP contribution in [0, 0.1) is 20.8 Å². The molecule has 0 saturated heterocycles. The number of aryl methyl sites for hydroxylation is 3. The molecule has 1 heterocycles. The fourth-order valence-corrected chi connectivity index (χ4v) is 2.99. The average molecular weight is 354 g/mol. The summed E-state index contributed by atoms with van der Waals surface area (Å²) in [6, 6.07) is 22.6. The molecule has 0 fully saturated rings. The monoisotopic (exact) mass is 354 g/mol. The zero-order valence-electron chi connectivity index (χ0n) is 15.7. The van der Waals surface area contributed by atoms with Crippen molar-refractivity contribution in [3.63, 3.8) is 0 Å². The third kappa shape index (κ3) is 3.75. The first-order valence-corrected chi connectivity index (χ1v) is 9.03. The number of hydrogen-bond donors (Lipinski definition) is 2. The van der Waals surface area contributed by atoms with Gasteiger partial charge in [0.05, 0.1) is 5.52 Å². The van der Waals surface area contributed by atoms with E-state index in [0.29, 0.717) is 5.95 Å². The summed E-state index contributed by atoms with van der Waals surface area (Å²) in [5.74, 6) is 1.37. The summed E-state index contributed by atoms with van der Waals surface area (Å²) in [4.78, 5) is 9.45. The Bertz CT molecular complexity index is 1100. The second-order valence-corrected chi connectivity index (χ2v) is 6.85. The zero-order valence-corrected chi connectivity index (χ0v) is 15.7. The summed E-state index contributed by atoms with van der Waals surface area (Å²) in [5, 5.41) is 7.80. The highest BCUT2D eigenvalue weighted by molar-refractivity contribution is 5.92. The van der Waals surface area contributed by atoms with Crippen LogP contribution in [0.15, 0.2) is 66.7 Å². The van der Waals surface area contributed by atoms with E-state index in [1.165, 1.54) is 11.1 Å². The Morgan fingerprint density at radius 1 is 0.704 bits per heavy atom. The highest BCUT2D eigenvalue weighted by atomic mass is 15.1. The first kappa shape index (κ1) is 17.0. The average Bonchev–Trinajstić information content (AvgIpc) is 2.66. The number of hydrogen-bond acceptors (Lipinski definition) is 4. The van der Waals surface area contributed by atoms with E-state index < -0.39 is 0 Å². The number of nitrogens with zero attached hydrogens (tertiary/aromatic N) is 2. The molecule has 0 aliphatic rings. The molecule has 4 heteroatoms. The molecule has 1 aromatic heterocycles. The molecule has 4 aromatic rings. The van der Waals surface area contributed by atoms with Crippen molar-refractivity contribution in [3.05, 3.63) is 83.4 Å². The number of rotatable bonds is 4. The van der Waals surface area contributed by atoms with Crippen LogP contribution < -0.4 is 10.6 Å². The summed E-state index contributed by atoms with van der Waals surface area (Å²) in [6.45, 7) is 6.24. The van der Waals surface area contributed by atoms with E-state index in [0.717, 1.165) is 33.7 Å². The summed E-state index contributed by atoms with van der Waals surface area (Å²) >= 11 is 0. The van der Waals surface area contributed by atoms with Crippen LogP contribution in [0.3, 0.4) is 0 Å². The molecule has 0 bridgehead atoms. The van der Waals surface area contributed by atoms with Crippen LogP contribution in [0.4, 0.5) is 23.1 Å². The normalized spacial score (nSPS) is 10.8. The van der Waals surface area contributed by atoms with Gasteiger partial charge in [-0.15, -0.1) is 0 Å². The fraction of sp³-hybridized carbons (Fsp3) is 0.130. The maximum atomic E-state index is 4.75. The lowest BCUT2D eigenvalue weighted by Crippen LogP contribution is -2.03. The molecule has 0 spiro atoms. The van der Waals surface area contributed by atoms with Crippen LogP contribution >= 0.6 is 0 Å². The summed E-state index contributed by atoms with van der Waals surface area (Å²) in [5.41, 5.74) is 6.50. The lowest BCUT2D eigenvalue weighted by atomic mass is 10.1. The summed E-state index contributed by atoms with van der Waals surface area (Å²) < 4.78 is 0. The van der Waals surface area contributed by atoms with Gasteiger partial charge >= 0.3 is 0 Å². The number of aromatic nitrogens is 2. The second-order valence-electron chi connectivity index (χ2n) is 6.85. The Kier molecular flexibility index (Phi) is 4.47. The smallest absolute Gasteiger partial charge is 0.229 e. The Balaban J connectivity index is 1.76. The highest BCUT2D eigenvalue weighted by Gasteiger charge is 2.09. The zero-order chi connectivity index (χ0) is 18.8. The van der Waals surface area contributed by atoms with Gasteiger partial charge in [-0.1, -0.05) is 42.0 Å². The van der Waals surface area contributed by atoms with E-state index in [2.05, 4.69) is 73.9 Å². The SMILES string of the molecule is Cc1ccc(Nc2nc(Nc3cc(C)ccc3C)nc3ccccc23)cc1. The van der Waals surface area contributed by atoms with E-state index in [4.69, 9.17) is 9.97 Å². The number of benzene rings is 3. The van der Waals surface area contributed by atoms with Crippen molar-refractivity contribution >= 4 is 34.0 Å². The van der Waals surface area contributed by atoms with E-state index >= 15 is 0 Å². The molecule has 134 valence electrons. The van der Waals surface area contributed by atoms with E-state index in [-0.39, 0.29) is 0 Å². The number of anilines is 4. The van der Waals surface area contributed by atoms with Crippen LogP contribution in [0.5, 0.6) is 0 Å². The van der Waals surface area contributed by atoms with Gasteiger partial charge in [0, 0.05) is 16.8 Å². The standard InChI is InChI=1S/C23H22N4/c1-15-9-12-18(13-10-15)24-22-19-6-4-5-7-20(19)25-23(27-22)26-21-14-16(2)8-11-17(21)3/h4-14H,1-3H3,(H2,24,25,26,27). The molecule has 0 aliphatic heterocycles. The first-order valence-electron chi connectivity index (χ1n) is 9.03. The van der Waals surface area contributed by atoms with Gasteiger partial charge in [0.15, 0.2) is 0 Å². The fourth-order valence-electron chi connectivity index (χ4n) is 2.99. The Hall–Kier alpha value is -3.40. The number of para-hydroxylation sites is 1. The van der Waals surface area contributed by atoms with Gasteiger partial charge in [-0.05, 0) is 62.2 Å². The molecule has 3 aromatic carbocycles. The summed E-state index contributed by atoms with van der Waals surface area (Å²) in [7, 11) is 0. The van der Waals surface area contributed by atoms with Gasteiger partial charge in [0.25, 0.3) is 0 Å². The van der Waals surface area contributed by atoms with Gasteiger partial charge in [0.2, 0.25) is 5.95 Å². The lowest BCUT2D eigenvalue weighted by molar-refractivity contribution is 1.20. The van der Waals surface area contributed by atoms with Gasteiger partial charge < -0.3 is 10.6 Å². The minimum absolute atomic E-state index is 0.581. The van der Waals surface area contributed by atoms with Crippen molar-refractivity contribution in [1.82, 2.24) is 9.97 Å². The summed E-state index contributed by atoms with van der Waals surface area (Å²) in [6.07, 6.45) is 0. The first-order chi connectivity index (χ1) is 13.1. The topological polar surface area (TPSA) is 49.8 Å². The highest BCUT2D eigenvalue weighted by Crippen LogP contribution is 2.27. The quantitative estimate of drug-likeness (QED) is 0.469. The van der Waals surface area contributed by atoms with Crippen molar-refractivity contribution in [2.75, 3.05) is 10.6 Å². The predicted octanol–water partition coefficient (Wildman–Crippen LogP) is 6.04. The molecule has 0 unspecified atom stereocenters. The van der Waals surface area contributed by atoms with E-state index in [9.17, 15) is 0 Å². The van der Waals surface area contributed by atoms with Crippen LogP contribution in [0.2, 0.25) is 0 Å². The Labute approximate surface area is 159 Å². The van der Waals surface area contributed by atoms with E-state index in [1.807, 2.05) is 24.3 Å². The third-order valence-corrected chi connectivity index (χ3v) is 4.56. The molecule has 4 nitrogen and oxygen atoms in total. The largest absolute Gasteiger partial charge is 0.340 e. The predicted molar refractivity (Wildman–Crippen MR) is 113 cm³/mol. The van der Waals surface area contributed by atoms with Crippen molar-refractivity contribution in [1.29, 1.82) is 0 Å². The Morgan fingerprint density at radius 3 is 2.26 bits per heavy atom. The molecule has 0 aliphatic carbocycles. The van der Waals surface area contributed by atoms with Crippen molar-refractivity contribution in [2.45, 2.75) is 20.8 Å². The Morgan fingerprint density at radius 2 is 1.44 bits per heavy atom. The number of fused-ring (bicyclic) bond motifs is 1. The van der Waals surface area contributed by atoms with Gasteiger partial charge in [-0.25, -0.2) is 4.98 Å². The molecule has 27 heavy (non-hydrogen) atoms. The van der Waals surface area contributed by atoms with Crippen molar-refractivity contribution in [2.24, 2.45) is 0 Å². The molecular weight excluding hydrogens is 332 g/mol.